The van der Waals surface area contributed by atoms with Gasteiger partial charge in [-0.15, -0.1) is 0 Å². The van der Waals surface area contributed by atoms with Crippen molar-refractivity contribution in [3.05, 3.63) is 29.3 Å². The van der Waals surface area contributed by atoms with E-state index in [0.717, 1.165) is 31.7 Å². The summed E-state index contributed by atoms with van der Waals surface area (Å²) in [4.78, 5) is 17.2. The van der Waals surface area contributed by atoms with E-state index in [1.165, 1.54) is 24.1 Å². The van der Waals surface area contributed by atoms with E-state index < -0.39 is 0 Å². The van der Waals surface area contributed by atoms with Crippen LogP contribution in [0.5, 0.6) is 0 Å². The lowest BCUT2D eigenvalue weighted by molar-refractivity contribution is 0.0893. The van der Waals surface area contributed by atoms with Crippen molar-refractivity contribution in [1.29, 1.82) is 0 Å². The van der Waals surface area contributed by atoms with Crippen molar-refractivity contribution in [2.75, 3.05) is 37.6 Å². The lowest BCUT2D eigenvalue weighted by Crippen LogP contribution is -2.38. The molecule has 1 fully saturated rings. The molecule has 3 nitrogen and oxygen atoms in total. The Bertz CT molecular complexity index is 508. The predicted octanol–water partition coefficient (Wildman–Crippen LogP) is 3.76. The second-order valence-electron chi connectivity index (χ2n) is 6.58. The van der Waals surface area contributed by atoms with Crippen molar-refractivity contribution in [2.24, 2.45) is 5.92 Å². The van der Waals surface area contributed by atoms with Crippen molar-refractivity contribution < 1.29 is 4.79 Å². The molecule has 0 spiro atoms. The fourth-order valence-corrected chi connectivity index (χ4v) is 3.47. The van der Waals surface area contributed by atoms with Crippen LogP contribution in [-0.4, -0.2) is 43.4 Å². The Morgan fingerprint density at radius 2 is 2.05 bits per heavy atom. The zero-order valence-corrected chi connectivity index (χ0v) is 14.6. The summed E-state index contributed by atoms with van der Waals surface area (Å²) in [6.45, 7) is 13.4. The quantitative estimate of drug-likeness (QED) is 0.748. The van der Waals surface area contributed by atoms with Crippen LogP contribution in [-0.2, 0) is 0 Å². The van der Waals surface area contributed by atoms with Crippen LogP contribution >= 0.6 is 0 Å². The van der Waals surface area contributed by atoms with Gasteiger partial charge < -0.3 is 4.90 Å². The zero-order chi connectivity index (χ0) is 16.1. The summed E-state index contributed by atoms with van der Waals surface area (Å²) in [5, 5.41) is 0. The van der Waals surface area contributed by atoms with Gasteiger partial charge in [-0.3, -0.25) is 9.69 Å². The van der Waals surface area contributed by atoms with E-state index in [1.807, 2.05) is 6.07 Å². The molecule has 1 aliphatic heterocycles. The summed E-state index contributed by atoms with van der Waals surface area (Å²) in [6.07, 6.45) is 2.51. The maximum Gasteiger partial charge on any atom is 0.176 e. The summed E-state index contributed by atoms with van der Waals surface area (Å²) < 4.78 is 0. The van der Waals surface area contributed by atoms with Gasteiger partial charge >= 0.3 is 0 Å². The van der Waals surface area contributed by atoms with E-state index in [2.05, 4.69) is 49.6 Å². The minimum Gasteiger partial charge on any atom is -0.372 e. The number of rotatable bonds is 6. The molecular formula is C19H30N2O. The molecule has 1 aromatic carbocycles. The van der Waals surface area contributed by atoms with Crippen LogP contribution in [0.15, 0.2) is 18.2 Å². The Morgan fingerprint density at radius 3 is 2.64 bits per heavy atom. The summed E-state index contributed by atoms with van der Waals surface area (Å²) in [6, 6.07) is 6.16. The van der Waals surface area contributed by atoms with Gasteiger partial charge in [-0.25, -0.2) is 0 Å². The maximum atomic E-state index is 12.5. The standard InChI is InChI=1S/C19H30N2O/c1-5-21(6-2)18-10-9-17(12-16(18)4)19(22)14-20-11-7-8-15(3)13-20/h9-10,12,15H,5-8,11,13-14H2,1-4H3. The SMILES string of the molecule is CCN(CC)c1ccc(C(=O)CN2CCCC(C)C2)cc1C. The summed E-state index contributed by atoms with van der Waals surface area (Å²) in [5.41, 5.74) is 3.29. The van der Waals surface area contributed by atoms with Gasteiger partial charge in [0, 0.05) is 30.9 Å². The first kappa shape index (κ1) is 17.0. The second kappa shape index (κ2) is 7.77. The van der Waals surface area contributed by atoms with Gasteiger partial charge in [0.1, 0.15) is 0 Å². The fourth-order valence-electron chi connectivity index (χ4n) is 3.47. The van der Waals surface area contributed by atoms with E-state index in [0.29, 0.717) is 12.5 Å². The molecule has 0 aliphatic carbocycles. The molecule has 1 aliphatic rings. The highest BCUT2D eigenvalue weighted by Crippen LogP contribution is 2.22. The Labute approximate surface area is 135 Å². The molecule has 2 rings (SSSR count). The highest BCUT2D eigenvalue weighted by Gasteiger charge is 2.19. The smallest absolute Gasteiger partial charge is 0.176 e. The number of hydrogen-bond acceptors (Lipinski definition) is 3. The monoisotopic (exact) mass is 302 g/mol. The van der Waals surface area contributed by atoms with Gasteiger partial charge in [0.05, 0.1) is 6.54 Å². The fraction of sp³-hybridized carbons (Fsp3) is 0.632. The summed E-state index contributed by atoms with van der Waals surface area (Å²) in [5.74, 6) is 0.969. The van der Waals surface area contributed by atoms with Gasteiger partial charge in [-0.05, 0) is 69.8 Å². The molecule has 0 saturated carbocycles. The number of aryl methyl sites for hydroxylation is 1. The van der Waals surface area contributed by atoms with Crippen molar-refractivity contribution in [3.63, 3.8) is 0 Å². The van der Waals surface area contributed by atoms with Crippen LogP contribution in [0.2, 0.25) is 0 Å². The summed E-state index contributed by atoms with van der Waals surface area (Å²) in [7, 11) is 0. The molecule has 22 heavy (non-hydrogen) atoms. The largest absolute Gasteiger partial charge is 0.372 e. The van der Waals surface area contributed by atoms with Gasteiger partial charge in [0.2, 0.25) is 0 Å². The second-order valence-corrected chi connectivity index (χ2v) is 6.58. The molecule has 0 radical (unpaired) electrons. The third-order valence-corrected chi connectivity index (χ3v) is 4.73. The summed E-state index contributed by atoms with van der Waals surface area (Å²) >= 11 is 0. The van der Waals surface area contributed by atoms with Crippen LogP contribution in [0.1, 0.15) is 49.5 Å². The molecule has 1 heterocycles. The molecule has 0 aromatic heterocycles. The average molecular weight is 302 g/mol. The van der Waals surface area contributed by atoms with E-state index in [1.54, 1.807) is 0 Å². The number of hydrogen-bond donors (Lipinski definition) is 0. The number of carbonyl (C=O) groups excluding carboxylic acids is 1. The molecule has 3 heteroatoms. The van der Waals surface area contributed by atoms with Crippen molar-refractivity contribution >= 4 is 11.5 Å². The topological polar surface area (TPSA) is 23.6 Å². The van der Waals surface area contributed by atoms with Gasteiger partial charge in [0.25, 0.3) is 0 Å². The van der Waals surface area contributed by atoms with Gasteiger partial charge in [0.15, 0.2) is 5.78 Å². The van der Waals surface area contributed by atoms with Crippen LogP contribution in [0, 0.1) is 12.8 Å². The molecule has 1 atom stereocenters. The average Bonchev–Trinajstić information content (AvgIpc) is 2.50. The van der Waals surface area contributed by atoms with Crippen LogP contribution in [0.25, 0.3) is 0 Å². The van der Waals surface area contributed by atoms with Crippen molar-refractivity contribution in [3.8, 4) is 0 Å². The Morgan fingerprint density at radius 1 is 1.32 bits per heavy atom. The molecule has 122 valence electrons. The molecule has 0 amide bonds. The number of likely N-dealkylation sites (tertiary alicyclic amines) is 1. The minimum atomic E-state index is 0.253. The maximum absolute atomic E-state index is 12.5. The Kier molecular flexibility index (Phi) is 6.01. The molecule has 1 unspecified atom stereocenters. The van der Waals surface area contributed by atoms with Crippen LogP contribution in [0.4, 0.5) is 5.69 Å². The number of Topliss-reactive ketones (excluding diaryl/α,β-unsaturated/α-hetero) is 1. The normalized spacial score (nSPS) is 19.2. The van der Waals surface area contributed by atoms with E-state index in [4.69, 9.17) is 0 Å². The number of ketones is 1. The molecule has 1 saturated heterocycles. The predicted molar refractivity (Wildman–Crippen MR) is 93.9 cm³/mol. The van der Waals surface area contributed by atoms with Gasteiger partial charge in [-0.2, -0.15) is 0 Å². The first-order valence-electron chi connectivity index (χ1n) is 8.66. The van der Waals surface area contributed by atoms with Crippen LogP contribution < -0.4 is 4.90 Å². The Hall–Kier alpha value is -1.35. The van der Waals surface area contributed by atoms with Gasteiger partial charge in [-0.1, -0.05) is 6.92 Å². The minimum absolute atomic E-state index is 0.253. The van der Waals surface area contributed by atoms with E-state index in [9.17, 15) is 4.79 Å². The number of piperidine rings is 1. The van der Waals surface area contributed by atoms with E-state index in [-0.39, 0.29) is 5.78 Å². The van der Waals surface area contributed by atoms with Crippen molar-refractivity contribution in [1.82, 2.24) is 4.90 Å². The molecular weight excluding hydrogens is 272 g/mol. The zero-order valence-electron chi connectivity index (χ0n) is 14.6. The number of nitrogens with zero attached hydrogens (tertiary/aromatic N) is 2. The van der Waals surface area contributed by atoms with Crippen LogP contribution in [0.3, 0.4) is 0 Å². The van der Waals surface area contributed by atoms with Crippen molar-refractivity contribution in [2.45, 2.75) is 40.5 Å². The number of anilines is 1. The lowest BCUT2D eigenvalue weighted by atomic mass is 9.99. The molecule has 0 N–H and O–H groups in total. The number of carbonyl (C=O) groups is 1. The third-order valence-electron chi connectivity index (χ3n) is 4.73. The highest BCUT2D eigenvalue weighted by atomic mass is 16.1. The third kappa shape index (κ3) is 4.10. The number of benzene rings is 1. The first-order valence-corrected chi connectivity index (χ1v) is 8.66. The first-order chi connectivity index (χ1) is 10.5. The Balaban J connectivity index is 2.05. The molecule has 1 aromatic rings. The highest BCUT2D eigenvalue weighted by molar-refractivity contribution is 5.98. The lowest BCUT2D eigenvalue weighted by Gasteiger charge is -2.30. The van der Waals surface area contributed by atoms with E-state index >= 15 is 0 Å². The molecule has 0 bridgehead atoms.